The van der Waals surface area contributed by atoms with Gasteiger partial charge < -0.3 is 20.0 Å². The van der Waals surface area contributed by atoms with E-state index in [1.807, 2.05) is 24.3 Å². The fraction of sp³-hybridized carbons (Fsp3) is 0.275. The molecular formula is C40H39FN4O5. The predicted molar refractivity (Wildman–Crippen MR) is 189 cm³/mol. The second-order valence-corrected chi connectivity index (χ2v) is 13.1. The second-order valence-electron chi connectivity index (χ2n) is 13.1. The Labute approximate surface area is 290 Å². The Morgan fingerprint density at radius 1 is 0.820 bits per heavy atom. The summed E-state index contributed by atoms with van der Waals surface area (Å²) in [7, 11) is 0. The lowest BCUT2D eigenvalue weighted by Gasteiger charge is -2.36. The van der Waals surface area contributed by atoms with Crippen LogP contribution >= 0.6 is 0 Å². The highest BCUT2D eigenvalue weighted by Crippen LogP contribution is 2.36. The molecule has 10 heteroatoms. The van der Waals surface area contributed by atoms with Crippen molar-refractivity contribution < 1.29 is 29.0 Å². The van der Waals surface area contributed by atoms with Crippen molar-refractivity contribution >= 4 is 34.6 Å². The quantitative estimate of drug-likeness (QED) is 0.163. The van der Waals surface area contributed by atoms with Crippen LogP contribution in [0, 0.1) is 5.82 Å². The summed E-state index contributed by atoms with van der Waals surface area (Å²) in [6.45, 7) is 5.75. The van der Waals surface area contributed by atoms with Gasteiger partial charge in [-0.3, -0.25) is 24.6 Å². The first-order chi connectivity index (χ1) is 24.2. The largest absolute Gasteiger partial charge is 0.508 e. The predicted octanol–water partition coefficient (Wildman–Crippen LogP) is 5.69. The summed E-state index contributed by atoms with van der Waals surface area (Å²) in [5, 5.41) is 22.1. The van der Waals surface area contributed by atoms with E-state index in [1.54, 1.807) is 30.3 Å². The molecule has 3 aliphatic heterocycles. The van der Waals surface area contributed by atoms with Gasteiger partial charge >= 0.3 is 0 Å². The van der Waals surface area contributed by atoms with E-state index in [-0.39, 0.29) is 48.3 Å². The van der Waals surface area contributed by atoms with Gasteiger partial charge in [-0.25, -0.2) is 4.39 Å². The van der Waals surface area contributed by atoms with Crippen molar-refractivity contribution in [1.29, 1.82) is 0 Å². The molecule has 256 valence electrons. The Morgan fingerprint density at radius 2 is 1.42 bits per heavy atom. The van der Waals surface area contributed by atoms with Crippen LogP contribution in [0.25, 0.3) is 11.1 Å². The number of allylic oxidation sites excluding steroid dienone is 1. The molecule has 0 radical (unpaired) electrons. The molecule has 2 fully saturated rings. The number of nitrogens with zero attached hydrogens (tertiary/aromatic N) is 3. The molecule has 4 aromatic rings. The van der Waals surface area contributed by atoms with Crippen LogP contribution in [0.1, 0.15) is 64.4 Å². The molecular weight excluding hydrogens is 635 g/mol. The average molecular weight is 675 g/mol. The maximum absolute atomic E-state index is 15.3. The number of piperazine rings is 1. The number of anilines is 1. The van der Waals surface area contributed by atoms with Crippen LogP contribution < -0.4 is 10.2 Å². The van der Waals surface area contributed by atoms with Crippen molar-refractivity contribution in [2.24, 2.45) is 0 Å². The Balaban J connectivity index is 1.04. The Morgan fingerprint density at radius 3 is 2.02 bits per heavy atom. The van der Waals surface area contributed by atoms with Crippen LogP contribution in [0.4, 0.5) is 10.1 Å². The van der Waals surface area contributed by atoms with Gasteiger partial charge in [0.15, 0.2) is 0 Å². The minimum Gasteiger partial charge on any atom is -0.508 e. The SMILES string of the molecule is CCC(=C(c1ccc(O)cc1)c1ccc(N2CCN(Cc3cc4c(cc3F)C(=O)N(C3CCC(=O)NC3=O)C4)CC2)cc1)c1ccc(O)cc1. The highest BCUT2D eigenvalue weighted by atomic mass is 19.1. The highest BCUT2D eigenvalue weighted by molar-refractivity contribution is 6.05. The molecule has 0 bridgehead atoms. The lowest BCUT2D eigenvalue weighted by molar-refractivity contribution is -0.136. The topological polar surface area (TPSA) is 113 Å². The van der Waals surface area contributed by atoms with Crippen LogP contribution in [0.15, 0.2) is 84.9 Å². The van der Waals surface area contributed by atoms with Crippen molar-refractivity contribution in [3.8, 4) is 11.5 Å². The van der Waals surface area contributed by atoms with Crippen molar-refractivity contribution in [2.75, 3.05) is 31.1 Å². The first-order valence-corrected chi connectivity index (χ1v) is 17.0. The number of aromatic hydroxyl groups is 2. The van der Waals surface area contributed by atoms with Crippen molar-refractivity contribution in [1.82, 2.24) is 15.1 Å². The third kappa shape index (κ3) is 6.58. The molecule has 7 rings (SSSR count). The summed E-state index contributed by atoms with van der Waals surface area (Å²) in [5.74, 6) is -1.22. The summed E-state index contributed by atoms with van der Waals surface area (Å²) in [6.07, 6.45) is 1.21. The maximum atomic E-state index is 15.3. The Bertz CT molecular complexity index is 1970. The van der Waals surface area contributed by atoms with Gasteiger partial charge in [-0.05, 0) is 94.8 Å². The van der Waals surface area contributed by atoms with E-state index in [9.17, 15) is 24.6 Å². The van der Waals surface area contributed by atoms with E-state index in [4.69, 9.17) is 0 Å². The monoisotopic (exact) mass is 674 g/mol. The van der Waals surface area contributed by atoms with E-state index in [0.717, 1.165) is 66.1 Å². The number of phenolic OH excluding ortho intramolecular Hbond substituents is 2. The van der Waals surface area contributed by atoms with Gasteiger partial charge in [0.25, 0.3) is 5.91 Å². The Hall–Kier alpha value is -5.48. The molecule has 3 amide bonds. The number of benzene rings is 4. The van der Waals surface area contributed by atoms with Crippen LogP contribution in [-0.2, 0) is 22.7 Å². The number of halogens is 1. The van der Waals surface area contributed by atoms with Gasteiger partial charge in [-0.2, -0.15) is 0 Å². The number of carbonyl (C=O) groups excluding carboxylic acids is 3. The molecule has 0 aromatic heterocycles. The minimum atomic E-state index is -0.732. The molecule has 0 saturated carbocycles. The zero-order valence-corrected chi connectivity index (χ0v) is 27.9. The molecule has 50 heavy (non-hydrogen) atoms. The van der Waals surface area contributed by atoms with E-state index in [0.29, 0.717) is 17.7 Å². The van der Waals surface area contributed by atoms with E-state index in [1.165, 1.54) is 11.0 Å². The second kappa shape index (κ2) is 13.8. The molecule has 9 nitrogen and oxygen atoms in total. The molecule has 3 aliphatic rings. The van der Waals surface area contributed by atoms with Gasteiger partial charge in [-0.1, -0.05) is 43.3 Å². The van der Waals surface area contributed by atoms with E-state index < -0.39 is 17.8 Å². The smallest absolute Gasteiger partial charge is 0.255 e. The minimum absolute atomic E-state index is 0.172. The summed E-state index contributed by atoms with van der Waals surface area (Å²) < 4.78 is 15.3. The molecule has 0 spiro atoms. The summed E-state index contributed by atoms with van der Waals surface area (Å²) in [6, 6.07) is 25.3. The van der Waals surface area contributed by atoms with Crippen molar-refractivity contribution in [3.05, 3.63) is 124 Å². The number of nitrogens with one attached hydrogen (secondary N) is 1. The normalized spacial score (nSPS) is 18.6. The van der Waals surface area contributed by atoms with Crippen LogP contribution in [-0.4, -0.2) is 70.0 Å². The standard InChI is InChI=1S/C40H39FN4O5/c1-2-33(25-5-11-31(46)12-6-25)38(27-7-13-32(47)14-8-27)26-3-9-30(10-4-26)44-19-17-43(18-20-44)23-29-21-28-24-45(40(50)34(28)22-35(29)41)36-15-16-37(48)42-39(36)49/h3-14,21-22,36,46-47H,2,15-20,23-24H2,1H3,(H,42,48,49). The third-order valence-electron chi connectivity index (χ3n) is 10.0. The number of phenols is 2. The van der Waals surface area contributed by atoms with Crippen LogP contribution in [0.5, 0.6) is 11.5 Å². The molecule has 3 heterocycles. The van der Waals surface area contributed by atoms with Gasteiger partial charge in [0.05, 0.1) is 0 Å². The highest BCUT2D eigenvalue weighted by Gasteiger charge is 2.39. The molecule has 1 atom stereocenters. The fourth-order valence-electron chi connectivity index (χ4n) is 7.34. The average Bonchev–Trinajstić information content (AvgIpc) is 3.43. The van der Waals surface area contributed by atoms with E-state index in [2.05, 4.69) is 46.3 Å². The zero-order valence-electron chi connectivity index (χ0n) is 27.9. The molecule has 1 unspecified atom stereocenters. The van der Waals surface area contributed by atoms with Gasteiger partial charge in [0, 0.05) is 62.5 Å². The third-order valence-corrected chi connectivity index (χ3v) is 10.0. The molecule has 4 aromatic carbocycles. The number of imide groups is 1. The lowest BCUT2D eigenvalue weighted by atomic mass is 9.88. The first kappa shape index (κ1) is 33.0. The van der Waals surface area contributed by atoms with Crippen LogP contribution in [0.3, 0.4) is 0 Å². The van der Waals surface area contributed by atoms with Crippen molar-refractivity contribution in [3.63, 3.8) is 0 Å². The Kier molecular flexibility index (Phi) is 9.12. The van der Waals surface area contributed by atoms with Gasteiger partial charge in [0.1, 0.15) is 23.4 Å². The number of carbonyl (C=O) groups is 3. The van der Waals surface area contributed by atoms with Gasteiger partial charge in [0.2, 0.25) is 11.8 Å². The number of rotatable bonds is 8. The lowest BCUT2D eigenvalue weighted by Crippen LogP contribution is -2.52. The fourth-order valence-corrected chi connectivity index (χ4v) is 7.34. The zero-order chi connectivity index (χ0) is 34.9. The number of hydrogen-bond donors (Lipinski definition) is 3. The number of piperidine rings is 1. The number of hydrogen-bond acceptors (Lipinski definition) is 7. The first-order valence-electron chi connectivity index (χ1n) is 17.0. The summed E-state index contributed by atoms with van der Waals surface area (Å²) in [5.41, 5.74) is 7.84. The summed E-state index contributed by atoms with van der Waals surface area (Å²) in [4.78, 5) is 43.0. The van der Waals surface area contributed by atoms with E-state index >= 15 is 4.39 Å². The molecule has 0 aliphatic carbocycles. The molecule has 2 saturated heterocycles. The number of amides is 3. The number of fused-ring (bicyclic) bond motifs is 1. The van der Waals surface area contributed by atoms with Gasteiger partial charge in [-0.15, -0.1) is 0 Å². The maximum Gasteiger partial charge on any atom is 0.255 e. The molecule has 3 N–H and O–H groups in total. The summed E-state index contributed by atoms with van der Waals surface area (Å²) >= 11 is 0. The van der Waals surface area contributed by atoms with Crippen molar-refractivity contribution in [2.45, 2.75) is 45.3 Å². The van der Waals surface area contributed by atoms with Crippen LogP contribution in [0.2, 0.25) is 0 Å².